The molecule has 140 valence electrons. The van der Waals surface area contributed by atoms with E-state index in [1.165, 1.54) is 6.92 Å². The number of hydrogen-bond acceptors (Lipinski definition) is 3. The van der Waals surface area contributed by atoms with Gasteiger partial charge >= 0.3 is 0 Å². The van der Waals surface area contributed by atoms with Crippen molar-refractivity contribution in [3.8, 4) is 11.5 Å². The van der Waals surface area contributed by atoms with Crippen molar-refractivity contribution in [2.75, 3.05) is 10.6 Å². The van der Waals surface area contributed by atoms with E-state index >= 15 is 0 Å². The fraction of sp³-hybridized carbons (Fsp3) is 0.0909. The number of benzene rings is 3. The topological polar surface area (TPSA) is 67.4 Å². The van der Waals surface area contributed by atoms with E-state index in [-0.39, 0.29) is 11.8 Å². The molecule has 1 aliphatic rings. The van der Waals surface area contributed by atoms with Gasteiger partial charge in [0.15, 0.2) is 0 Å². The second-order valence-corrected chi connectivity index (χ2v) is 6.88. The summed E-state index contributed by atoms with van der Waals surface area (Å²) in [5.41, 5.74) is 2.59. The Morgan fingerprint density at radius 2 is 1.50 bits per heavy atom. The van der Waals surface area contributed by atoms with Gasteiger partial charge in [0.1, 0.15) is 11.5 Å². The number of carbonyl (C=O) groups excluding carboxylic acids is 2. The van der Waals surface area contributed by atoms with Gasteiger partial charge in [-0.15, -0.1) is 0 Å². The van der Waals surface area contributed by atoms with E-state index in [0.29, 0.717) is 27.9 Å². The number of halogens is 1. The average Bonchev–Trinajstić information content (AvgIpc) is 2.68. The fourth-order valence-corrected chi connectivity index (χ4v) is 3.46. The monoisotopic (exact) mass is 392 g/mol. The van der Waals surface area contributed by atoms with Gasteiger partial charge in [0.2, 0.25) is 11.8 Å². The zero-order chi connectivity index (χ0) is 19.7. The minimum atomic E-state index is -0.513. The van der Waals surface area contributed by atoms with E-state index in [1.54, 1.807) is 18.2 Å². The first-order valence-corrected chi connectivity index (χ1v) is 9.14. The Labute approximate surface area is 167 Å². The Balaban J connectivity index is 1.69. The molecule has 3 aromatic rings. The number of anilines is 2. The second kappa shape index (κ2) is 7.37. The molecule has 28 heavy (non-hydrogen) atoms. The van der Waals surface area contributed by atoms with Crippen LogP contribution in [0.3, 0.4) is 0 Å². The van der Waals surface area contributed by atoms with Crippen LogP contribution in [0.4, 0.5) is 11.4 Å². The lowest BCUT2D eigenvalue weighted by Gasteiger charge is -2.27. The van der Waals surface area contributed by atoms with Crippen molar-refractivity contribution in [1.82, 2.24) is 0 Å². The van der Waals surface area contributed by atoms with Crippen LogP contribution in [0.15, 0.2) is 66.7 Å². The molecule has 0 saturated heterocycles. The van der Waals surface area contributed by atoms with E-state index in [4.69, 9.17) is 16.3 Å². The first kappa shape index (κ1) is 18.1. The Morgan fingerprint density at radius 3 is 2.11 bits per heavy atom. The molecule has 2 amide bonds. The number of para-hydroxylation sites is 2. The zero-order valence-electron chi connectivity index (χ0n) is 15.0. The van der Waals surface area contributed by atoms with Gasteiger partial charge in [0.05, 0.1) is 16.6 Å². The van der Waals surface area contributed by atoms with Gasteiger partial charge in [-0.25, -0.2) is 0 Å². The number of rotatable bonds is 3. The molecular weight excluding hydrogens is 376 g/mol. The van der Waals surface area contributed by atoms with Crippen LogP contribution in [-0.2, 0) is 9.59 Å². The molecule has 3 aromatic carbocycles. The van der Waals surface area contributed by atoms with Gasteiger partial charge in [-0.05, 0) is 30.3 Å². The molecule has 5 nitrogen and oxygen atoms in total. The quantitative estimate of drug-likeness (QED) is 0.645. The Hall–Kier alpha value is -3.31. The third kappa shape index (κ3) is 3.44. The van der Waals surface area contributed by atoms with Crippen molar-refractivity contribution in [3.05, 3.63) is 82.9 Å². The Morgan fingerprint density at radius 1 is 0.893 bits per heavy atom. The molecule has 0 fully saturated rings. The van der Waals surface area contributed by atoms with E-state index in [9.17, 15) is 9.59 Å². The molecule has 0 saturated carbocycles. The predicted octanol–water partition coefficient (Wildman–Crippen LogP) is 5.17. The van der Waals surface area contributed by atoms with Crippen LogP contribution < -0.4 is 15.4 Å². The van der Waals surface area contributed by atoms with Crippen LogP contribution in [0, 0.1) is 0 Å². The lowest BCUT2D eigenvalue weighted by molar-refractivity contribution is -0.117. The molecular formula is C22H17ClN2O3. The zero-order valence-corrected chi connectivity index (χ0v) is 15.8. The molecule has 0 aromatic heterocycles. The van der Waals surface area contributed by atoms with Crippen molar-refractivity contribution in [2.24, 2.45) is 0 Å². The summed E-state index contributed by atoms with van der Waals surface area (Å²) in [6.07, 6.45) is 0. The normalized spacial score (nSPS) is 12.4. The van der Waals surface area contributed by atoms with Crippen molar-refractivity contribution >= 4 is 34.8 Å². The minimum absolute atomic E-state index is 0.195. The van der Waals surface area contributed by atoms with Crippen molar-refractivity contribution in [1.29, 1.82) is 0 Å². The number of amides is 2. The fourth-order valence-electron chi connectivity index (χ4n) is 3.30. The maximum Gasteiger partial charge on any atom is 0.236 e. The lowest BCUT2D eigenvalue weighted by atomic mass is 9.87. The summed E-state index contributed by atoms with van der Waals surface area (Å²) in [4.78, 5) is 24.6. The first-order chi connectivity index (χ1) is 13.5. The molecule has 1 heterocycles. The molecule has 6 heteroatoms. The highest BCUT2D eigenvalue weighted by molar-refractivity contribution is 6.33. The Kier molecular flexibility index (Phi) is 4.75. The van der Waals surface area contributed by atoms with E-state index in [0.717, 1.165) is 11.1 Å². The van der Waals surface area contributed by atoms with Gasteiger partial charge in [-0.2, -0.15) is 0 Å². The molecule has 0 atom stereocenters. The second-order valence-electron chi connectivity index (χ2n) is 6.48. The van der Waals surface area contributed by atoms with Gasteiger partial charge in [0, 0.05) is 23.7 Å². The largest absolute Gasteiger partial charge is 0.457 e. The maximum atomic E-state index is 13.2. The van der Waals surface area contributed by atoms with Crippen LogP contribution in [0.5, 0.6) is 11.5 Å². The van der Waals surface area contributed by atoms with Crippen molar-refractivity contribution in [2.45, 2.75) is 12.8 Å². The smallest absolute Gasteiger partial charge is 0.236 e. The van der Waals surface area contributed by atoms with Crippen LogP contribution in [0.2, 0.25) is 5.02 Å². The molecule has 0 spiro atoms. The summed E-state index contributed by atoms with van der Waals surface area (Å²) >= 11 is 6.12. The summed E-state index contributed by atoms with van der Waals surface area (Å²) in [5, 5.41) is 5.98. The van der Waals surface area contributed by atoms with E-state index in [2.05, 4.69) is 10.6 Å². The van der Waals surface area contributed by atoms with Crippen LogP contribution in [0.1, 0.15) is 24.0 Å². The van der Waals surface area contributed by atoms with Crippen LogP contribution in [-0.4, -0.2) is 11.8 Å². The number of hydrogen-bond donors (Lipinski definition) is 2. The number of nitrogens with one attached hydrogen (secondary N) is 2. The lowest BCUT2D eigenvalue weighted by Crippen LogP contribution is -2.25. The van der Waals surface area contributed by atoms with Crippen molar-refractivity contribution < 1.29 is 14.3 Å². The van der Waals surface area contributed by atoms with Crippen molar-refractivity contribution in [3.63, 3.8) is 0 Å². The third-order valence-electron chi connectivity index (χ3n) is 4.49. The van der Waals surface area contributed by atoms with Crippen LogP contribution >= 0.6 is 11.6 Å². The molecule has 1 aliphatic heterocycles. The molecule has 0 radical (unpaired) electrons. The van der Waals surface area contributed by atoms with Crippen LogP contribution in [0.25, 0.3) is 0 Å². The van der Waals surface area contributed by atoms with E-state index in [1.807, 2.05) is 48.5 Å². The number of carbonyl (C=O) groups is 2. The third-order valence-corrected chi connectivity index (χ3v) is 4.82. The predicted molar refractivity (Wildman–Crippen MR) is 109 cm³/mol. The molecule has 2 N–H and O–H groups in total. The number of ether oxygens (including phenoxy) is 1. The molecule has 0 bridgehead atoms. The highest BCUT2D eigenvalue weighted by Gasteiger charge is 2.32. The molecule has 0 aliphatic carbocycles. The van der Waals surface area contributed by atoms with Gasteiger partial charge in [-0.1, -0.05) is 48.0 Å². The average molecular weight is 393 g/mol. The highest BCUT2D eigenvalue weighted by atomic mass is 35.5. The molecule has 0 unspecified atom stereocenters. The summed E-state index contributed by atoms with van der Waals surface area (Å²) in [5.74, 6) is 0.380. The molecule has 4 rings (SSSR count). The summed E-state index contributed by atoms with van der Waals surface area (Å²) in [6.45, 7) is 1.40. The summed E-state index contributed by atoms with van der Waals surface area (Å²) < 4.78 is 5.94. The van der Waals surface area contributed by atoms with E-state index < -0.39 is 5.92 Å². The summed E-state index contributed by atoms with van der Waals surface area (Å²) in [6, 6.07) is 20.0. The number of fused-ring (bicyclic) bond motifs is 2. The SMILES string of the molecule is CC(=O)Nc1cc(NC(=O)C2c3ccccc3Oc3ccccc32)ccc1Cl. The highest BCUT2D eigenvalue weighted by Crippen LogP contribution is 2.44. The maximum absolute atomic E-state index is 13.2. The summed E-state index contributed by atoms with van der Waals surface area (Å²) in [7, 11) is 0. The van der Waals surface area contributed by atoms with Gasteiger partial charge in [0.25, 0.3) is 0 Å². The van der Waals surface area contributed by atoms with Gasteiger partial charge < -0.3 is 15.4 Å². The Bertz CT molecular complexity index is 1040. The van der Waals surface area contributed by atoms with Gasteiger partial charge in [-0.3, -0.25) is 9.59 Å². The first-order valence-electron chi connectivity index (χ1n) is 8.76. The minimum Gasteiger partial charge on any atom is -0.457 e. The standard InChI is InChI=1S/C22H17ClN2O3/c1-13(26)24-18-12-14(10-11-17(18)23)25-22(27)21-15-6-2-4-8-19(15)28-20-9-5-3-7-16(20)21/h2-12,21H,1H3,(H,24,26)(H,25,27).